The lowest BCUT2D eigenvalue weighted by atomic mass is 9.45. The summed E-state index contributed by atoms with van der Waals surface area (Å²) >= 11 is 2.65. The van der Waals surface area contributed by atoms with E-state index >= 15 is 0 Å². The van der Waals surface area contributed by atoms with Gasteiger partial charge < -0.3 is 0 Å². The highest BCUT2D eigenvalue weighted by Crippen LogP contribution is 2.66. The highest BCUT2D eigenvalue weighted by molar-refractivity contribution is 14.1. The molecule has 3 saturated carbocycles. The molecule has 112 valence electrons. The van der Waals surface area contributed by atoms with Crippen molar-refractivity contribution >= 4 is 22.6 Å². The normalized spacial score (nSPS) is 54.6. The quantitative estimate of drug-likeness (QED) is 0.427. The lowest BCUT2D eigenvalue weighted by Crippen LogP contribution is -2.52. The lowest BCUT2D eigenvalue weighted by Gasteiger charge is -2.60. The summed E-state index contributed by atoms with van der Waals surface area (Å²) in [5.41, 5.74) is 1.26. The molecule has 0 radical (unpaired) electrons. The van der Waals surface area contributed by atoms with Gasteiger partial charge in [0, 0.05) is 5.41 Å². The Labute approximate surface area is 138 Å². The highest BCUT2D eigenvalue weighted by atomic mass is 127. The maximum Gasteiger partial charge on any atom is 0.00135 e. The Hall–Kier alpha value is 0.470. The van der Waals surface area contributed by atoms with Crippen molar-refractivity contribution in [1.82, 2.24) is 0 Å². The van der Waals surface area contributed by atoms with E-state index in [0.29, 0.717) is 10.8 Å². The molecule has 4 aliphatic rings. The van der Waals surface area contributed by atoms with Gasteiger partial charge >= 0.3 is 0 Å². The van der Waals surface area contributed by atoms with Gasteiger partial charge in [0.05, 0.1) is 0 Å². The smallest absolute Gasteiger partial charge is 0.00135 e. The van der Waals surface area contributed by atoms with E-state index in [9.17, 15) is 0 Å². The van der Waals surface area contributed by atoms with Crippen LogP contribution in [0.3, 0.4) is 0 Å². The van der Waals surface area contributed by atoms with Crippen molar-refractivity contribution in [3.63, 3.8) is 0 Å². The van der Waals surface area contributed by atoms with Crippen LogP contribution in [0.25, 0.3) is 0 Å². The summed E-state index contributed by atoms with van der Waals surface area (Å²) in [5, 5.41) is 0. The first-order chi connectivity index (χ1) is 9.56. The topological polar surface area (TPSA) is 0 Å². The first-order valence-corrected chi connectivity index (χ1v) is 10.00. The Morgan fingerprint density at radius 3 is 2.70 bits per heavy atom. The third-order valence-electron chi connectivity index (χ3n) is 8.07. The fraction of sp³-hybridized carbons (Fsp3) is 0.895. The monoisotopic (exact) mass is 384 g/mol. The summed E-state index contributed by atoms with van der Waals surface area (Å²) in [7, 11) is 0. The maximum absolute atomic E-state index is 2.68. The van der Waals surface area contributed by atoms with Gasteiger partial charge in [-0.15, -0.1) is 0 Å². The van der Waals surface area contributed by atoms with E-state index in [4.69, 9.17) is 0 Å². The van der Waals surface area contributed by atoms with E-state index < -0.39 is 0 Å². The van der Waals surface area contributed by atoms with Crippen molar-refractivity contribution < 1.29 is 0 Å². The second-order valence-corrected chi connectivity index (χ2v) is 9.81. The second kappa shape index (κ2) is 4.73. The molecule has 0 amide bonds. The van der Waals surface area contributed by atoms with Crippen molar-refractivity contribution in [2.45, 2.75) is 71.6 Å². The van der Waals surface area contributed by atoms with Crippen LogP contribution in [0.15, 0.2) is 9.66 Å². The molecule has 0 aromatic rings. The van der Waals surface area contributed by atoms with Crippen molar-refractivity contribution in [1.29, 1.82) is 0 Å². The summed E-state index contributed by atoms with van der Waals surface area (Å²) in [6.07, 6.45) is 16.1. The SMILES string of the molecule is C[C@]12CCCC[C@@H]1CC[C@@H]1[C@@H]2CC[C@]2(C)C(I)=CC[C@@H]12. The molecule has 0 saturated heterocycles. The molecule has 0 aromatic carbocycles. The number of hydrogen-bond donors (Lipinski definition) is 0. The Kier molecular flexibility index (Phi) is 3.33. The molecular weight excluding hydrogens is 355 g/mol. The molecule has 20 heavy (non-hydrogen) atoms. The molecule has 0 N–H and O–H groups in total. The van der Waals surface area contributed by atoms with E-state index in [0.717, 1.165) is 23.7 Å². The average Bonchev–Trinajstić information content (AvgIpc) is 2.74. The summed E-state index contributed by atoms with van der Waals surface area (Å²) in [6, 6.07) is 0. The van der Waals surface area contributed by atoms with Gasteiger partial charge in [0.2, 0.25) is 0 Å². The van der Waals surface area contributed by atoms with Gasteiger partial charge in [-0.3, -0.25) is 0 Å². The molecule has 4 rings (SSSR count). The molecule has 6 atom stereocenters. The van der Waals surface area contributed by atoms with Crippen LogP contribution in [0.4, 0.5) is 0 Å². The molecule has 0 aromatic heterocycles. The summed E-state index contributed by atoms with van der Waals surface area (Å²) < 4.78 is 1.69. The number of fused-ring (bicyclic) bond motifs is 5. The number of rotatable bonds is 0. The molecule has 0 aliphatic heterocycles. The fourth-order valence-corrected chi connectivity index (χ4v) is 7.73. The Morgan fingerprint density at radius 2 is 1.85 bits per heavy atom. The molecule has 4 aliphatic carbocycles. The van der Waals surface area contributed by atoms with Crippen molar-refractivity contribution in [2.24, 2.45) is 34.5 Å². The van der Waals surface area contributed by atoms with E-state index in [-0.39, 0.29) is 0 Å². The Balaban J connectivity index is 1.65. The minimum absolute atomic E-state index is 0.555. The predicted octanol–water partition coefficient (Wildman–Crippen LogP) is 6.35. The molecule has 0 spiro atoms. The fourth-order valence-electron chi connectivity index (χ4n) is 6.81. The molecule has 0 unspecified atom stereocenters. The molecule has 0 nitrogen and oxygen atoms in total. The molecule has 0 heterocycles. The molecular formula is C19H29I. The number of hydrogen-bond acceptors (Lipinski definition) is 0. The van der Waals surface area contributed by atoms with Gasteiger partial charge in [0.1, 0.15) is 0 Å². The third-order valence-corrected chi connectivity index (χ3v) is 9.74. The zero-order valence-corrected chi connectivity index (χ0v) is 15.3. The minimum Gasteiger partial charge on any atom is -0.0743 e. The van der Waals surface area contributed by atoms with Crippen LogP contribution in [0.5, 0.6) is 0 Å². The summed E-state index contributed by atoms with van der Waals surface area (Å²) in [6.45, 7) is 5.26. The first kappa shape index (κ1) is 14.1. The summed E-state index contributed by atoms with van der Waals surface area (Å²) in [5.74, 6) is 4.13. The van der Waals surface area contributed by atoms with E-state index in [2.05, 4.69) is 42.5 Å². The maximum atomic E-state index is 2.68. The van der Waals surface area contributed by atoms with E-state index in [1.54, 1.807) is 16.4 Å². The predicted molar refractivity (Wildman–Crippen MR) is 93.8 cm³/mol. The molecule has 3 fully saturated rings. The number of allylic oxidation sites excluding steroid dienone is 2. The van der Waals surface area contributed by atoms with E-state index in [1.165, 1.54) is 44.9 Å². The van der Waals surface area contributed by atoms with Crippen molar-refractivity contribution in [3.05, 3.63) is 9.66 Å². The van der Waals surface area contributed by atoms with Crippen molar-refractivity contribution in [2.75, 3.05) is 0 Å². The lowest BCUT2D eigenvalue weighted by molar-refractivity contribution is -0.0972. The van der Waals surface area contributed by atoms with Crippen LogP contribution < -0.4 is 0 Å². The van der Waals surface area contributed by atoms with Gasteiger partial charge in [-0.25, -0.2) is 0 Å². The largest absolute Gasteiger partial charge is 0.0743 e. The van der Waals surface area contributed by atoms with Crippen LogP contribution >= 0.6 is 22.6 Å². The van der Waals surface area contributed by atoms with Crippen LogP contribution in [-0.4, -0.2) is 0 Å². The van der Waals surface area contributed by atoms with Gasteiger partial charge in [-0.2, -0.15) is 0 Å². The Bertz CT molecular complexity index is 439. The van der Waals surface area contributed by atoms with Gasteiger partial charge in [-0.05, 0) is 100 Å². The van der Waals surface area contributed by atoms with Gasteiger partial charge in [0.15, 0.2) is 0 Å². The standard InChI is InChI=1S/C19H29I/c1-18-11-4-3-5-13(18)6-7-14-15-8-9-17(20)19(15,2)12-10-16(14)18/h9,13-16H,3-8,10-12H2,1-2H3/t13-,14+,15+,16+,18+,19+/m1/s1. The zero-order chi connectivity index (χ0) is 14.0. The number of halogens is 1. The van der Waals surface area contributed by atoms with Crippen LogP contribution in [0.2, 0.25) is 0 Å². The Morgan fingerprint density at radius 1 is 1.00 bits per heavy atom. The van der Waals surface area contributed by atoms with Crippen LogP contribution in [0, 0.1) is 34.5 Å². The van der Waals surface area contributed by atoms with Gasteiger partial charge in [-0.1, -0.05) is 32.8 Å². The third kappa shape index (κ3) is 1.77. The first-order valence-electron chi connectivity index (χ1n) is 8.92. The zero-order valence-electron chi connectivity index (χ0n) is 13.1. The summed E-state index contributed by atoms with van der Waals surface area (Å²) in [4.78, 5) is 0. The highest BCUT2D eigenvalue weighted by Gasteiger charge is 2.57. The minimum atomic E-state index is 0.555. The second-order valence-electron chi connectivity index (χ2n) is 8.65. The van der Waals surface area contributed by atoms with Gasteiger partial charge in [0.25, 0.3) is 0 Å². The van der Waals surface area contributed by atoms with Crippen LogP contribution in [-0.2, 0) is 0 Å². The molecule has 1 heteroatoms. The van der Waals surface area contributed by atoms with E-state index in [1.807, 2.05) is 0 Å². The van der Waals surface area contributed by atoms with Crippen LogP contribution in [0.1, 0.15) is 71.6 Å². The van der Waals surface area contributed by atoms with Crippen molar-refractivity contribution in [3.8, 4) is 0 Å². The molecule has 0 bridgehead atoms. The average molecular weight is 384 g/mol.